The number of nitrogens with one attached hydrogen (secondary N) is 1. The van der Waals surface area contributed by atoms with Crippen molar-refractivity contribution in [3.8, 4) is 0 Å². The van der Waals surface area contributed by atoms with Crippen LogP contribution in [0, 0.1) is 0 Å². The maximum absolute atomic E-state index is 12.2. The van der Waals surface area contributed by atoms with E-state index in [1.54, 1.807) is 0 Å². The lowest BCUT2D eigenvalue weighted by molar-refractivity contribution is 0.153. The smallest absolute Gasteiger partial charge is 0.280 e. The molecular formula is C11H24N2O3S. The normalized spacial score (nSPS) is 23.2. The molecule has 17 heavy (non-hydrogen) atoms. The van der Waals surface area contributed by atoms with Crippen LogP contribution in [-0.2, 0) is 10.2 Å². The second kappa shape index (κ2) is 6.68. The standard InChI is InChI=1S/C11H24N2O3S/c1-3-10(4-2)12-17(15,16)13-8-6-5-7-11(13)9-14/h10-12,14H,3-9H2,1-2H3. The molecule has 0 amide bonds. The largest absolute Gasteiger partial charge is 0.395 e. The highest BCUT2D eigenvalue weighted by Crippen LogP contribution is 2.19. The Kier molecular flexibility index (Phi) is 5.85. The average molecular weight is 264 g/mol. The van der Waals surface area contributed by atoms with Crippen molar-refractivity contribution in [3.05, 3.63) is 0 Å². The van der Waals surface area contributed by atoms with Crippen molar-refractivity contribution in [1.29, 1.82) is 0 Å². The molecule has 0 aliphatic carbocycles. The number of rotatable bonds is 6. The topological polar surface area (TPSA) is 69.6 Å². The van der Waals surface area contributed by atoms with Gasteiger partial charge in [0, 0.05) is 18.6 Å². The fourth-order valence-corrected chi connectivity index (χ4v) is 4.03. The molecule has 1 aliphatic rings. The van der Waals surface area contributed by atoms with Crippen molar-refractivity contribution in [2.75, 3.05) is 13.2 Å². The second-order valence-corrected chi connectivity index (χ2v) is 6.23. The fraction of sp³-hybridized carbons (Fsp3) is 1.00. The lowest BCUT2D eigenvalue weighted by Crippen LogP contribution is -2.52. The van der Waals surface area contributed by atoms with E-state index < -0.39 is 10.2 Å². The van der Waals surface area contributed by atoms with E-state index in [0.29, 0.717) is 6.54 Å². The van der Waals surface area contributed by atoms with Crippen LogP contribution in [0.25, 0.3) is 0 Å². The second-order valence-electron chi connectivity index (χ2n) is 4.58. The summed E-state index contributed by atoms with van der Waals surface area (Å²) in [7, 11) is -3.44. The molecule has 1 unspecified atom stereocenters. The Labute approximate surface area is 104 Å². The van der Waals surface area contributed by atoms with Gasteiger partial charge in [-0.3, -0.25) is 0 Å². The van der Waals surface area contributed by atoms with Gasteiger partial charge < -0.3 is 5.11 Å². The summed E-state index contributed by atoms with van der Waals surface area (Å²) in [6, 6.07) is -0.267. The van der Waals surface area contributed by atoms with Gasteiger partial charge >= 0.3 is 0 Å². The average Bonchev–Trinajstić information content (AvgIpc) is 2.35. The summed E-state index contributed by atoms with van der Waals surface area (Å²) in [5.74, 6) is 0. The molecule has 102 valence electrons. The predicted molar refractivity (Wildman–Crippen MR) is 67.9 cm³/mol. The van der Waals surface area contributed by atoms with E-state index >= 15 is 0 Å². The number of nitrogens with zero attached hydrogens (tertiary/aromatic N) is 1. The van der Waals surface area contributed by atoms with Gasteiger partial charge in [-0.05, 0) is 25.7 Å². The number of aliphatic hydroxyl groups is 1. The molecule has 1 atom stereocenters. The van der Waals surface area contributed by atoms with Crippen LogP contribution >= 0.6 is 0 Å². The first-order valence-electron chi connectivity index (χ1n) is 6.45. The van der Waals surface area contributed by atoms with Gasteiger partial charge in [0.1, 0.15) is 0 Å². The lowest BCUT2D eigenvalue weighted by atomic mass is 10.1. The Balaban J connectivity index is 2.73. The Morgan fingerprint density at radius 3 is 2.53 bits per heavy atom. The summed E-state index contributed by atoms with van der Waals surface area (Å²) < 4.78 is 28.5. The van der Waals surface area contributed by atoms with Gasteiger partial charge in [0.05, 0.1) is 6.61 Å². The van der Waals surface area contributed by atoms with Gasteiger partial charge in [0.25, 0.3) is 10.2 Å². The Morgan fingerprint density at radius 1 is 1.35 bits per heavy atom. The van der Waals surface area contributed by atoms with Gasteiger partial charge in [0.15, 0.2) is 0 Å². The zero-order valence-electron chi connectivity index (χ0n) is 10.7. The van der Waals surface area contributed by atoms with Crippen molar-refractivity contribution in [2.45, 2.75) is 58.0 Å². The predicted octanol–water partition coefficient (Wildman–Crippen LogP) is 0.856. The molecule has 0 bridgehead atoms. The molecule has 1 aliphatic heterocycles. The van der Waals surface area contributed by atoms with Gasteiger partial charge in [-0.2, -0.15) is 17.4 Å². The van der Waals surface area contributed by atoms with Crippen LogP contribution in [0.5, 0.6) is 0 Å². The van der Waals surface area contributed by atoms with Crippen LogP contribution in [0.15, 0.2) is 0 Å². The minimum absolute atomic E-state index is 0.0127. The van der Waals surface area contributed by atoms with Crippen molar-refractivity contribution >= 4 is 10.2 Å². The van der Waals surface area contributed by atoms with Crippen LogP contribution in [0.3, 0.4) is 0 Å². The Hall–Kier alpha value is -0.170. The highest BCUT2D eigenvalue weighted by Gasteiger charge is 2.32. The van der Waals surface area contributed by atoms with E-state index in [4.69, 9.17) is 0 Å². The van der Waals surface area contributed by atoms with Gasteiger partial charge in [-0.25, -0.2) is 0 Å². The first-order valence-corrected chi connectivity index (χ1v) is 7.89. The van der Waals surface area contributed by atoms with E-state index in [2.05, 4.69) is 4.72 Å². The van der Waals surface area contributed by atoms with Gasteiger partial charge in [-0.1, -0.05) is 20.3 Å². The molecule has 5 nitrogen and oxygen atoms in total. The highest BCUT2D eigenvalue weighted by atomic mass is 32.2. The summed E-state index contributed by atoms with van der Waals surface area (Å²) in [5, 5.41) is 9.24. The maximum atomic E-state index is 12.2. The van der Waals surface area contributed by atoms with Crippen LogP contribution in [0.1, 0.15) is 46.0 Å². The maximum Gasteiger partial charge on any atom is 0.280 e. The highest BCUT2D eigenvalue weighted by molar-refractivity contribution is 7.87. The number of hydrogen-bond acceptors (Lipinski definition) is 3. The molecule has 1 rings (SSSR count). The van der Waals surface area contributed by atoms with E-state index in [0.717, 1.165) is 32.1 Å². The van der Waals surface area contributed by atoms with Crippen LogP contribution in [0.2, 0.25) is 0 Å². The molecule has 0 aromatic rings. The first-order chi connectivity index (χ1) is 8.05. The molecule has 6 heteroatoms. The van der Waals surface area contributed by atoms with E-state index in [1.165, 1.54) is 4.31 Å². The minimum Gasteiger partial charge on any atom is -0.395 e. The third-order valence-electron chi connectivity index (χ3n) is 3.39. The zero-order chi connectivity index (χ0) is 12.9. The van der Waals surface area contributed by atoms with Crippen LogP contribution in [0.4, 0.5) is 0 Å². The van der Waals surface area contributed by atoms with Gasteiger partial charge in [0.2, 0.25) is 0 Å². The van der Waals surface area contributed by atoms with Crippen molar-refractivity contribution in [1.82, 2.24) is 9.03 Å². The summed E-state index contributed by atoms with van der Waals surface area (Å²) in [4.78, 5) is 0. The number of piperidine rings is 1. The van der Waals surface area contributed by atoms with E-state index in [9.17, 15) is 13.5 Å². The monoisotopic (exact) mass is 264 g/mol. The summed E-state index contributed by atoms with van der Waals surface area (Å²) in [6.45, 7) is 4.36. The summed E-state index contributed by atoms with van der Waals surface area (Å²) in [6.07, 6.45) is 4.18. The molecule has 1 heterocycles. The minimum atomic E-state index is -3.44. The van der Waals surface area contributed by atoms with Crippen molar-refractivity contribution in [2.24, 2.45) is 0 Å². The summed E-state index contributed by atoms with van der Waals surface area (Å²) >= 11 is 0. The van der Waals surface area contributed by atoms with E-state index in [1.807, 2.05) is 13.8 Å². The molecule has 1 fully saturated rings. The number of hydrogen-bond donors (Lipinski definition) is 2. The molecule has 1 saturated heterocycles. The van der Waals surface area contributed by atoms with E-state index in [-0.39, 0.29) is 18.7 Å². The van der Waals surface area contributed by atoms with Crippen LogP contribution in [-0.4, -0.2) is 43.1 Å². The fourth-order valence-electron chi connectivity index (χ4n) is 2.21. The molecule has 2 N–H and O–H groups in total. The molecule has 0 aromatic carbocycles. The van der Waals surface area contributed by atoms with Crippen LogP contribution < -0.4 is 4.72 Å². The molecule has 0 spiro atoms. The molecule has 0 saturated carbocycles. The molecule has 0 aromatic heterocycles. The first kappa shape index (κ1) is 14.9. The van der Waals surface area contributed by atoms with Crippen molar-refractivity contribution < 1.29 is 13.5 Å². The SMILES string of the molecule is CCC(CC)NS(=O)(=O)N1CCCCC1CO. The molecule has 0 radical (unpaired) electrons. The Bertz CT molecular complexity index is 315. The summed E-state index contributed by atoms with van der Waals surface area (Å²) in [5.41, 5.74) is 0. The third kappa shape index (κ3) is 3.91. The quantitative estimate of drug-likeness (QED) is 0.747. The van der Waals surface area contributed by atoms with Gasteiger partial charge in [-0.15, -0.1) is 0 Å². The Morgan fingerprint density at radius 2 is 2.00 bits per heavy atom. The molecular weight excluding hydrogens is 240 g/mol. The lowest BCUT2D eigenvalue weighted by Gasteiger charge is -2.34. The third-order valence-corrected chi connectivity index (χ3v) is 5.12. The number of aliphatic hydroxyl groups excluding tert-OH is 1. The zero-order valence-corrected chi connectivity index (χ0v) is 11.5. The van der Waals surface area contributed by atoms with Crippen molar-refractivity contribution in [3.63, 3.8) is 0 Å².